The fraction of sp³-hybridized carbons (Fsp3) is 0.269. The highest BCUT2D eigenvalue weighted by molar-refractivity contribution is 5.87. The normalized spacial score (nSPS) is 15.5. The van der Waals surface area contributed by atoms with E-state index in [9.17, 15) is 4.79 Å². The summed E-state index contributed by atoms with van der Waals surface area (Å²) in [5.41, 5.74) is 3.27. The van der Waals surface area contributed by atoms with E-state index in [0.29, 0.717) is 5.92 Å². The first-order valence-electron chi connectivity index (χ1n) is 10.3. The van der Waals surface area contributed by atoms with E-state index in [1.165, 1.54) is 31.2 Å². The molecule has 0 aliphatic heterocycles. The molecule has 1 fully saturated rings. The third kappa shape index (κ3) is 4.17. The molecule has 3 aromatic rings. The summed E-state index contributed by atoms with van der Waals surface area (Å²) in [7, 11) is 0. The molecule has 1 aliphatic carbocycles. The molecule has 4 rings (SSSR count). The van der Waals surface area contributed by atoms with E-state index in [-0.39, 0.29) is 17.9 Å². The number of carbonyl (C=O) groups is 1. The summed E-state index contributed by atoms with van der Waals surface area (Å²) < 4.78 is 0. The molecule has 0 saturated heterocycles. The van der Waals surface area contributed by atoms with Crippen molar-refractivity contribution in [3.05, 3.63) is 108 Å². The van der Waals surface area contributed by atoms with E-state index in [4.69, 9.17) is 0 Å². The van der Waals surface area contributed by atoms with E-state index in [1.54, 1.807) is 0 Å². The lowest BCUT2D eigenvalue weighted by molar-refractivity contribution is -0.122. The molecule has 28 heavy (non-hydrogen) atoms. The minimum Gasteiger partial charge on any atom is -0.348 e. The number of carbonyl (C=O) groups excluding carboxylic acids is 1. The SMILES string of the molecule is O=C(N[C@@H](c1ccccc1)C1CCCC1)C(c1ccccc1)c1ccccc1. The van der Waals surface area contributed by atoms with Crippen LogP contribution < -0.4 is 5.32 Å². The first kappa shape index (κ1) is 18.5. The van der Waals surface area contributed by atoms with Gasteiger partial charge < -0.3 is 5.32 Å². The van der Waals surface area contributed by atoms with E-state index >= 15 is 0 Å². The van der Waals surface area contributed by atoms with E-state index < -0.39 is 0 Å². The second kappa shape index (κ2) is 8.88. The Labute approximate surface area is 167 Å². The third-order valence-corrected chi connectivity index (χ3v) is 5.86. The molecule has 1 amide bonds. The molecule has 1 saturated carbocycles. The number of nitrogens with one attached hydrogen (secondary N) is 1. The molecule has 0 aromatic heterocycles. The first-order chi connectivity index (χ1) is 13.8. The molecule has 1 atom stereocenters. The van der Waals surface area contributed by atoms with E-state index in [1.807, 2.05) is 66.7 Å². The van der Waals surface area contributed by atoms with Crippen LogP contribution in [0.3, 0.4) is 0 Å². The molecule has 1 aliphatic rings. The Bertz CT molecular complexity index is 831. The average molecular weight is 370 g/mol. The lowest BCUT2D eigenvalue weighted by atomic mass is 9.87. The van der Waals surface area contributed by atoms with Crippen molar-refractivity contribution in [1.29, 1.82) is 0 Å². The molecule has 142 valence electrons. The van der Waals surface area contributed by atoms with Gasteiger partial charge in [-0.15, -0.1) is 0 Å². The molecular weight excluding hydrogens is 342 g/mol. The van der Waals surface area contributed by atoms with Gasteiger partial charge in [0, 0.05) is 0 Å². The summed E-state index contributed by atoms with van der Waals surface area (Å²) >= 11 is 0. The van der Waals surface area contributed by atoms with Crippen LogP contribution in [0, 0.1) is 5.92 Å². The zero-order valence-electron chi connectivity index (χ0n) is 16.1. The van der Waals surface area contributed by atoms with Crippen molar-refractivity contribution in [3.63, 3.8) is 0 Å². The molecular formula is C26H27NO. The quantitative estimate of drug-likeness (QED) is 0.579. The number of hydrogen-bond donors (Lipinski definition) is 1. The van der Waals surface area contributed by atoms with Gasteiger partial charge in [-0.25, -0.2) is 0 Å². The third-order valence-electron chi connectivity index (χ3n) is 5.86. The molecule has 0 heterocycles. The highest BCUT2D eigenvalue weighted by Gasteiger charge is 2.31. The van der Waals surface area contributed by atoms with E-state index in [0.717, 1.165) is 11.1 Å². The van der Waals surface area contributed by atoms with Crippen molar-refractivity contribution in [1.82, 2.24) is 5.32 Å². The number of rotatable bonds is 6. The van der Waals surface area contributed by atoms with Crippen LogP contribution in [-0.4, -0.2) is 5.91 Å². The number of amides is 1. The number of benzene rings is 3. The Kier molecular flexibility index (Phi) is 5.86. The van der Waals surface area contributed by atoms with Gasteiger partial charge in [-0.1, -0.05) is 104 Å². The van der Waals surface area contributed by atoms with Crippen molar-refractivity contribution in [2.75, 3.05) is 0 Å². The van der Waals surface area contributed by atoms with Gasteiger partial charge in [-0.3, -0.25) is 4.79 Å². The van der Waals surface area contributed by atoms with Crippen molar-refractivity contribution in [3.8, 4) is 0 Å². The van der Waals surface area contributed by atoms with Crippen LogP contribution in [0.15, 0.2) is 91.0 Å². The molecule has 1 N–H and O–H groups in total. The minimum atomic E-state index is -0.296. The molecule has 2 nitrogen and oxygen atoms in total. The maximum atomic E-state index is 13.6. The lowest BCUT2D eigenvalue weighted by Gasteiger charge is -2.28. The van der Waals surface area contributed by atoms with Crippen LogP contribution in [0.4, 0.5) is 0 Å². The predicted molar refractivity (Wildman–Crippen MR) is 114 cm³/mol. The van der Waals surface area contributed by atoms with Crippen molar-refractivity contribution in [2.45, 2.75) is 37.6 Å². The van der Waals surface area contributed by atoms with Crippen LogP contribution in [0.25, 0.3) is 0 Å². The Balaban J connectivity index is 1.65. The van der Waals surface area contributed by atoms with Crippen LogP contribution in [-0.2, 0) is 4.79 Å². The summed E-state index contributed by atoms with van der Waals surface area (Å²) in [6.45, 7) is 0. The molecule has 2 heteroatoms. The Hall–Kier alpha value is -2.87. The fourth-order valence-corrected chi connectivity index (χ4v) is 4.45. The summed E-state index contributed by atoms with van der Waals surface area (Å²) in [6, 6.07) is 30.7. The predicted octanol–water partition coefficient (Wildman–Crippen LogP) is 5.87. The van der Waals surface area contributed by atoms with Gasteiger partial charge in [0.15, 0.2) is 0 Å². The highest BCUT2D eigenvalue weighted by Crippen LogP contribution is 2.36. The monoisotopic (exact) mass is 369 g/mol. The summed E-state index contributed by atoms with van der Waals surface area (Å²) in [4.78, 5) is 13.6. The number of hydrogen-bond acceptors (Lipinski definition) is 1. The van der Waals surface area contributed by atoms with Crippen LogP contribution >= 0.6 is 0 Å². The van der Waals surface area contributed by atoms with Gasteiger partial charge in [0.1, 0.15) is 0 Å². The Morgan fingerprint density at radius 2 is 1.11 bits per heavy atom. The van der Waals surface area contributed by atoms with Crippen LogP contribution in [0.1, 0.15) is 54.3 Å². The maximum Gasteiger partial charge on any atom is 0.232 e. The zero-order chi connectivity index (χ0) is 19.2. The van der Waals surface area contributed by atoms with Crippen molar-refractivity contribution < 1.29 is 4.79 Å². The van der Waals surface area contributed by atoms with Crippen LogP contribution in [0.2, 0.25) is 0 Å². The molecule has 0 spiro atoms. The second-order valence-electron chi connectivity index (χ2n) is 7.70. The summed E-state index contributed by atoms with van der Waals surface area (Å²) in [5, 5.41) is 3.43. The molecule has 3 aromatic carbocycles. The largest absolute Gasteiger partial charge is 0.348 e. The standard InChI is InChI=1S/C26H27NO/c28-26(24(20-12-4-1-5-13-20)21-14-6-2-7-15-21)27-25(23-18-10-11-19-23)22-16-8-3-9-17-22/h1-9,12-17,23-25H,10-11,18-19H2,(H,27,28)/t25-/m0/s1. The van der Waals surface area contributed by atoms with Gasteiger partial charge in [-0.05, 0) is 35.4 Å². The minimum absolute atomic E-state index is 0.0751. The van der Waals surface area contributed by atoms with Crippen molar-refractivity contribution >= 4 is 5.91 Å². The molecule has 0 unspecified atom stereocenters. The topological polar surface area (TPSA) is 29.1 Å². The van der Waals surface area contributed by atoms with Gasteiger partial charge in [-0.2, -0.15) is 0 Å². The van der Waals surface area contributed by atoms with Gasteiger partial charge in [0.2, 0.25) is 5.91 Å². The summed E-state index contributed by atoms with van der Waals surface area (Å²) in [5.74, 6) is 0.298. The van der Waals surface area contributed by atoms with Crippen molar-refractivity contribution in [2.24, 2.45) is 5.92 Å². The van der Waals surface area contributed by atoms with Gasteiger partial charge in [0.25, 0.3) is 0 Å². The highest BCUT2D eigenvalue weighted by atomic mass is 16.2. The zero-order valence-corrected chi connectivity index (χ0v) is 16.1. The Morgan fingerprint density at radius 3 is 1.57 bits per heavy atom. The fourth-order valence-electron chi connectivity index (χ4n) is 4.45. The second-order valence-corrected chi connectivity index (χ2v) is 7.70. The first-order valence-corrected chi connectivity index (χ1v) is 10.3. The summed E-state index contributed by atoms with van der Waals surface area (Å²) in [6.07, 6.45) is 4.87. The maximum absolute atomic E-state index is 13.6. The molecule has 0 bridgehead atoms. The molecule has 0 radical (unpaired) electrons. The van der Waals surface area contributed by atoms with E-state index in [2.05, 4.69) is 29.6 Å². The van der Waals surface area contributed by atoms with Crippen LogP contribution in [0.5, 0.6) is 0 Å². The van der Waals surface area contributed by atoms with Gasteiger partial charge in [0.05, 0.1) is 12.0 Å². The smallest absolute Gasteiger partial charge is 0.232 e. The average Bonchev–Trinajstić information content (AvgIpc) is 3.29. The Morgan fingerprint density at radius 1 is 0.679 bits per heavy atom. The lowest BCUT2D eigenvalue weighted by Crippen LogP contribution is -2.36. The van der Waals surface area contributed by atoms with Gasteiger partial charge >= 0.3 is 0 Å².